The molecule has 19 heavy (non-hydrogen) atoms. The first-order chi connectivity index (χ1) is 9.04. The quantitative estimate of drug-likeness (QED) is 0.422. The third-order valence-electron chi connectivity index (χ3n) is 2.89. The first kappa shape index (κ1) is 13.3. The van der Waals surface area contributed by atoms with E-state index in [2.05, 4.69) is 9.72 Å². The summed E-state index contributed by atoms with van der Waals surface area (Å²) in [4.78, 5) is 27.3. The van der Waals surface area contributed by atoms with Crippen LogP contribution in [0.4, 0.5) is 11.6 Å². The second-order valence-electron chi connectivity index (χ2n) is 4.09. The highest BCUT2D eigenvalue weighted by atomic mass is 16.6. The zero-order valence-electron chi connectivity index (χ0n) is 10.6. The number of morpholine rings is 1. The van der Waals surface area contributed by atoms with Crippen LogP contribution in [-0.2, 0) is 21.3 Å². The summed E-state index contributed by atoms with van der Waals surface area (Å²) in [7, 11) is 2.94. The van der Waals surface area contributed by atoms with Crippen LogP contribution in [0.3, 0.4) is 0 Å². The van der Waals surface area contributed by atoms with Crippen LogP contribution < -0.4 is 4.90 Å². The number of hydrogen-bond acceptors (Lipinski definition) is 7. The van der Waals surface area contributed by atoms with E-state index in [1.54, 1.807) is 16.5 Å². The number of ether oxygens (including phenoxy) is 2. The number of nitro groups is 1. The number of carbonyl (C=O) groups is 1. The zero-order chi connectivity index (χ0) is 14.0. The van der Waals surface area contributed by atoms with Crippen LogP contribution in [-0.4, -0.2) is 53.4 Å². The average molecular weight is 270 g/mol. The van der Waals surface area contributed by atoms with Gasteiger partial charge in [-0.05, 0) is 9.91 Å². The molecule has 1 unspecified atom stereocenters. The third kappa shape index (κ3) is 2.50. The topological polar surface area (TPSA) is 99.7 Å². The number of carbonyl (C=O) groups excluding carboxylic acids is 1. The second-order valence-corrected chi connectivity index (χ2v) is 4.09. The molecule has 9 nitrogen and oxygen atoms in total. The van der Waals surface area contributed by atoms with Crippen LogP contribution in [0, 0.1) is 10.1 Å². The predicted octanol–water partition coefficient (Wildman–Crippen LogP) is -0.294. The molecular formula is C10H14N4O5. The monoisotopic (exact) mass is 270 g/mol. The Bertz CT molecular complexity index is 500. The largest absolute Gasteiger partial charge is 0.467 e. The highest BCUT2D eigenvalue weighted by molar-refractivity contribution is 5.76. The normalized spacial score (nSPS) is 19.3. The molecule has 1 aliphatic heterocycles. The molecule has 0 aliphatic carbocycles. The van der Waals surface area contributed by atoms with Crippen molar-refractivity contribution >= 4 is 17.6 Å². The molecule has 2 heterocycles. The average Bonchev–Trinajstić information content (AvgIpc) is 2.80. The van der Waals surface area contributed by atoms with Crippen molar-refractivity contribution in [2.24, 2.45) is 7.05 Å². The van der Waals surface area contributed by atoms with Gasteiger partial charge in [0.05, 0.1) is 20.3 Å². The van der Waals surface area contributed by atoms with Crippen molar-refractivity contribution in [2.75, 3.05) is 31.7 Å². The lowest BCUT2D eigenvalue weighted by atomic mass is 10.2. The molecule has 9 heteroatoms. The molecule has 0 bridgehead atoms. The van der Waals surface area contributed by atoms with Crippen LogP contribution in [0.1, 0.15) is 0 Å². The summed E-state index contributed by atoms with van der Waals surface area (Å²) >= 11 is 0. The van der Waals surface area contributed by atoms with Gasteiger partial charge in [0.2, 0.25) is 12.1 Å². The second kappa shape index (κ2) is 5.22. The minimum Gasteiger partial charge on any atom is -0.467 e. The Morgan fingerprint density at radius 1 is 1.68 bits per heavy atom. The molecule has 1 saturated heterocycles. The lowest BCUT2D eigenvalue weighted by Gasteiger charge is -2.32. The summed E-state index contributed by atoms with van der Waals surface area (Å²) in [6.07, 6.45) is 0.629. The van der Waals surface area contributed by atoms with E-state index >= 15 is 0 Å². The molecule has 104 valence electrons. The summed E-state index contributed by atoms with van der Waals surface area (Å²) < 4.78 is 11.5. The number of rotatable bonds is 3. The highest BCUT2D eigenvalue weighted by Crippen LogP contribution is 2.27. The fraction of sp³-hybridized carbons (Fsp3) is 0.600. The van der Waals surface area contributed by atoms with Crippen molar-refractivity contribution in [1.29, 1.82) is 0 Å². The third-order valence-corrected chi connectivity index (χ3v) is 2.89. The van der Waals surface area contributed by atoms with Gasteiger partial charge in [-0.2, -0.15) is 0 Å². The molecule has 1 aliphatic rings. The van der Waals surface area contributed by atoms with Gasteiger partial charge < -0.3 is 24.5 Å². The van der Waals surface area contributed by atoms with E-state index < -0.39 is 17.0 Å². The van der Waals surface area contributed by atoms with Crippen LogP contribution in [0.25, 0.3) is 0 Å². The van der Waals surface area contributed by atoms with Gasteiger partial charge in [-0.3, -0.25) is 4.57 Å². The number of aryl methyl sites for hydroxylation is 1. The van der Waals surface area contributed by atoms with Crippen molar-refractivity contribution < 1.29 is 19.2 Å². The summed E-state index contributed by atoms with van der Waals surface area (Å²) in [6.45, 7) is 0.947. The maximum atomic E-state index is 11.5. The van der Waals surface area contributed by atoms with E-state index in [9.17, 15) is 14.9 Å². The number of aromatic nitrogens is 2. The van der Waals surface area contributed by atoms with E-state index in [4.69, 9.17) is 4.74 Å². The van der Waals surface area contributed by atoms with Crippen molar-refractivity contribution in [3.8, 4) is 0 Å². The minimum atomic E-state index is -0.742. The molecule has 1 atom stereocenters. The fourth-order valence-corrected chi connectivity index (χ4v) is 2.02. The molecule has 1 aromatic rings. The number of nitrogens with zero attached hydrogens (tertiary/aromatic N) is 4. The summed E-state index contributed by atoms with van der Waals surface area (Å²) in [5.74, 6) is -0.357. The zero-order valence-corrected chi connectivity index (χ0v) is 10.6. The Kier molecular flexibility index (Phi) is 3.65. The van der Waals surface area contributed by atoms with Crippen molar-refractivity contribution in [3.63, 3.8) is 0 Å². The van der Waals surface area contributed by atoms with Gasteiger partial charge in [-0.15, -0.1) is 0 Å². The molecule has 0 spiro atoms. The Morgan fingerprint density at radius 3 is 3.05 bits per heavy atom. The number of esters is 1. The molecule has 0 radical (unpaired) electrons. The van der Waals surface area contributed by atoms with Crippen LogP contribution >= 0.6 is 0 Å². The van der Waals surface area contributed by atoms with E-state index in [0.29, 0.717) is 19.0 Å². The Morgan fingerprint density at radius 2 is 2.42 bits per heavy atom. The van der Waals surface area contributed by atoms with Crippen LogP contribution in [0.2, 0.25) is 0 Å². The summed E-state index contributed by atoms with van der Waals surface area (Å²) in [5.41, 5.74) is 0. The Labute approximate surface area is 108 Å². The van der Waals surface area contributed by atoms with Gasteiger partial charge in [-0.25, -0.2) is 4.79 Å². The van der Waals surface area contributed by atoms with Gasteiger partial charge in [0, 0.05) is 13.6 Å². The standard InChI is InChI=1S/C10H14N4O5/c1-12-6-11-8(14(16)17)9(12)13-3-4-19-7(5-13)10(15)18-2/h6-7H,3-5H2,1-2H3. The number of anilines is 1. The van der Waals surface area contributed by atoms with Gasteiger partial charge in [0.1, 0.15) is 0 Å². The van der Waals surface area contributed by atoms with E-state index in [1.165, 1.54) is 13.4 Å². The van der Waals surface area contributed by atoms with Gasteiger partial charge >= 0.3 is 11.8 Å². The molecule has 1 aromatic heterocycles. The molecule has 0 N–H and O–H groups in total. The number of hydrogen-bond donors (Lipinski definition) is 0. The van der Waals surface area contributed by atoms with Crippen molar-refractivity contribution in [3.05, 3.63) is 16.4 Å². The van der Waals surface area contributed by atoms with Crippen LogP contribution in [0.5, 0.6) is 0 Å². The maximum Gasteiger partial charge on any atom is 0.406 e. The van der Waals surface area contributed by atoms with Crippen molar-refractivity contribution in [2.45, 2.75) is 6.10 Å². The first-order valence-electron chi connectivity index (χ1n) is 5.64. The minimum absolute atomic E-state index is 0.201. The Hall–Kier alpha value is -2.16. The van der Waals surface area contributed by atoms with E-state index in [-0.39, 0.29) is 12.4 Å². The van der Waals surface area contributed by atoms with Gasteiger partial charge in [-0.1, -0.05) is 0 Å². The molecule has 1 fully saturated rings. The summed E-state index contributed by atoms with van der Waals surface area (Å²) in [5, 5.41) is 10.9. The maximum absolute atomic E-state index is 11.5. The SMILES string of the molecule is COC(=O)C1CN(c2c([N+](=O)[O-])ncn2C)CCO1. The molecule has 0 amide bonds. The van der Waals surface area contributed by atoms with Gasteiger partial charge in [0.25, 0.3) is 0 Å². The molecular weight excluding hydrogens is 256 g/mol. The Balaban J connectivity index is 2.24. The van der Waals surface area contributed by atoms with E-state index in [0.717, 1.165) is 0 Å². The first-order valence-corrected chi connectivity index (χ1v) is 5.64. The molecule has 0 aromatic carbocycles. The number of methoxy groups -OCH3 is 1. The smallest absolute Gasteiger partial charge is 0.406 e. The van der Waals surface area contributed by atoms with Crippen molar-refractivity contribution in [1.82, 2.24) is 9.55 Å². The predicted molar refractivity (Wildman–Crippen MR) is 63.8 cm³/mol. The van der Waals surface area contributed by atoms with Crippen LogP contribution in [0.15, 0.2) is 6.33 Å². The fourth-order valence-electron chi connectivity index (χ4n) is 2.02. The highest BCUT2D eigenvalue weighted by Gasteiger charge is 2.33. The lowest BCUT2D eigenvalue weighted by Crippen LogP contribution is -2.47. The lowest BCUT2D eigenvalue weighted by molar-refractivity contribution is -0.388. The molecule has 0 saturated carbocycles. The number of imidazole rings is 1. The van der Waals surface area contributed by atoms with Gasteiger partial charge in [0.15, 0.2) is 6.10 Å². The molecule has 2 rings (SSSR count). The van der Waals surface area contributed by atoms with E-state index in [1.807, 2.05) is 0 Å². The summed E-state index contributed by atoms with van der Waals surface area (Å²) in [6, 6.07) is 0.